The number of halogens is 2. The van der Waals surface area contributed by atoms with Crippen molar-refractivity contribution in [3.8, 4) is 11.5 Å². The molecule has 1 aliphatic rings. The van der Waals surface area contributed by atoms with Gasteiger partial charge in [0.2, 0.25) is 0 Å². The van der Waals surface area contributed by atoms with E-state index in [4.69, 9.17) is 32.7 Å². The number of ketones is 1. The summed E-state index contributed by atoms with van der Waals surface area (Å²) in [6.07, 6.45) is 1.73. The second kappa shape index (κ2) is 9.84. The van der Waals surface area contributed by atoms with Gasteiger partial charge in [-0.15, -0.1) is 0 Å². The number of nitrogens with one attached hydrogen (secondary N) is 1. The number of hydrogen-bond donors (Lipinski definition) is 2. The molecule has 0 radical (unpaired) electrons. The van der Waals surface area contributed by atoms with Crippen LogP contribution in [0, 0.1) is 0 Å². The van der Waals surface area contributed by atoms with E-state index in [0.29, 0.717) is 23.6 Å². The molecule has 1 fully saturated rings. The lowest BCUT2D eigenvalue weighted by Crippen LogP contribution is -2.29. The number of aliphatic hydroxyl groups is 1. The third-order valence-electron chi connectivity index (χ3n) is 6.23. The van der Waals surface area contributed by atoms with E-state index in [1.807, 2.05) is 31.2 Å². The molecule has 3 aromatic carbocycles. The first kappa shape index (κ1) is 24.7. The normalized spacial score (nSPS) is 17.0. The summed E-state index contributed by atoms with van der Waals surface area (Å²) in [5.41, 5.74) is 1.87. The van der Waals surface area contributed by atoms with E-state index in [1.165, 1.54) is 24.1 Å². The van der Waals surface area contributed by atoms with Crippen LogP contribution < -0.4 is 14.4 Å². The number of anilines is 1. The lowest BCUT2D eigenvalue weighted by molar-refractivity contribution is -0.132. The number of carbonyl (C=O) groups is 2. The number of Topliss-reactive ketones (excluding diaryl/α,β-unsaturated/α-hetero) is 1. The maximum Gasteiger partial charge on any atom is 0.300 e. The number of nitrogens with zero attached hydrogens (tertiary/aromatic N) is 1. The third kappa shape index (κ3) is 4.20. The van der Waals surface area contributed by atoms with E-state index >= 15 is 0 Å². The van der Waals surface area contributed by atoms with Gasteiger partial charge in [0.15, 0.2) is 0 Å². The van der Waals surface area contributed by atoms with Crippen LogP contribution in [0.4, 0.5) is 5.69 Å². The molecule has 188 valence electrons. The van der Waals surface area contributed by atoms with Gasteiger partial charge in [-0.05, 0) is 37.3 Å². The number of aliphatic hydroxyl groups excluding tert-OH is 1. The van der Waals surface area contributed by atoms with Crippen molar-refractivity contribution < 1.29 is 24.2 Å². The molecule has 0 bridgehead atoms. The molecule has 2 heterocycles. The number of carbonyl (C=O) groups excluding carboxylic acids is 2. The average molecular weight is 537 g/mol. The van der Waals surface area contributed by atoms with Gasteiger partial charge in [-0.2, -0.15) is 0 Å². The first-order valence-electron chi connectivity index (χ1n) is 11.5. The molecule has 0 saturated carbocycles. The smallest absolute Gasteiger partial charge is 0.300 e. The number of hydrogen-bond acceptors (Lipinski definition) is 5. The average Bonchev–Trinajstić information content (AvgIpc) is 3.42. The van der Waals surface area contributed by atoms with Crippen LogP contribution in [-0.4, -0.2) is 35.5 Å². The second-order valence-corrected chi connectivity index (χ2v) is 9.20. The van der Waals surface area contributed by atoms with Gasteiger partial charge in [-0.3, -0.25) is 14.5 Å². The molecule has 0 aliphatic carbocycles. The number of ether oxygens (including phenoxy) is 2. The van der Waals surface area contributed by atoms with E-state index in [0.717, 1.165) is 10.9 Å². The van der Waals surface area contributed by atoms with E-state index in [2.05, 4.69) is 4.98 Å². The zero-order chi connectivity index (χ0) is 26.3. The molecule has 1 unspecified atom stereocenters. The highest BCUT2D eigenvalue weighted by Crippen LogP contribution is 2.46. The molecule has 1 saturated heterocycles. The predicted molar refractivity (Wildman–Crippen MR) is 144 cm³/mol. The van der Waals surface area contributed by atoms with Crippen LogP contribution in [0.1, 0.15) is 24.1 Å². The summed E-state index contributed by atoms with van der Waals surface area (Å²) < 4.78 is 11.0. The van der Waals surface area contributed by atoms with Gasteiger partial charge in [0.05, 0.1) is 35.9 Å². The molecule has 1 amide bonds. The zero-order valence-corrected chi connectivity index (χ0v) is 21.4. The minimum Gasteiger partial charge on any atom is -0.507 e. The molecule has 0 spiro atoms. The van der Waals surface area contributed by atoms with E-state index in [1.54, 1.807) is 30.5 Å². The van der Waals surface area contributed by atoms with Crippen molar-refractivity contribution in [2.24, 2.45) is 0 Å². The number of rotatable bonds is 6. The Morgan fingerprint density at radius 3 is 2.62 bits per heavy atom. The van der Waals surface area contributed by atoms with Gasteiger partial charge in [0.25, 0.3) is 11.7 Å². The highest BCUT2D eigenvalue weighted by Gasteiger charge is 2.48. The number of para-hydroxylation sites is 1. The van der Waals surface area contributed by atoms with Gasteiger partial charge in [0, 0.05) is 39.4 Å². The molecule has 1 atom stereocenters. The van der Waals surface area contributed by atoms with Crippen LogP contribution in [0.2, 0.25) is 10.0 Å². The van der Waals surface area contributed by atoms with E-state index < -0.39 is 23.5 Å². The minimum atomic E-state index is -0.963. The van der Waals surface area contributed by atoms with Gasteiger partial charge < -0.3 is 19.6 Å². The number of benzene rings is 3. The number of methoxy groups -OCH3 is 1. The lowest BCUT2D eigenvalue weighted by Gasteiger charge is -2.25. The summed E-state index contributed by atoms with van der Waals surface area (Å²) in [6.45, 7) is 2.29. The molecule has 37 heavy (non-hydrogen) atoms. The molecular formula is C28H22Cl2N2O5. The van der Waals surface area contributed by atoms with Crippen molar-refractivity contribution in [2.45, 2.75) is 13.0 Å². The lowest BCUT2D eigenvalue weighted by atomic mass is 9.94. The SMILES string of the molecule is CCOc1cccc(N2C(=O)C(=O)/C(=C(/O)c3cc(Cl)cc(Cl)c3OC)C2c2c[nH]c3ccccc23)c1. The molecule has 4 aromatic rings. The van der Waals surface area contributed by atoms with E-state index in [9.17, 15) is 14.7 Å². The quantitative estimate of drug-likeness (QED) is 0.166. The Morgan fingerprint density at radius 2 is 1.86 bits per heavy atom. The van der Waals surface area contributed by atoms with Crippen molar-refractivity contribution in [2.75, 3.05) is 18.6 Å². The topological polar surface area (TPSA) is 91.9 Å². The van der Waals surface area contributed by atoms with Crippen molar-refractivity contribution in [1.82, 2.24) is 4.98 Å². The highest BCUT2D eigenvalue weighted by molar-refractivity contribution is 6.52. The van der Waals surface area contributed by atoms with Gasteiger partial charge >= 0.3 is 0 Å². The Balaban J connectivity index is 1.80. The molecular weight excluding hydrogens is 515 g/mol. The summed E-state index contributed by atoms with van der Waals surface area (Å²) in [6, 6.07) is 16.4. The van der Waals surface area contributed by atoms with E-state index in [-0.39, 0.29) is 26.9 Å². The Bertz CT molecular complexity index is 1580. The first-order chi connectivity index (χ1) is 17.8. The second-order valence-electron chi connectivity index (χ2n) is 8.36. The molecule has 9 heteroatoms. The number of aromatic amines is 1. The number of H-pyrrole nitrogens is 1. The van der Waals surface area contributed by atoms with Crippen molar-refractivity contribution in [1.29, 1.82) is 0 Å². The monoisotopic (exact) mass is 536 g/mol. The summed E-state index contributed by atoms with van der Waals surface area (Å²) >= 11 is 12.5. The fraction of sp³-hybridized carbons (Fsp3) is 0.143. The minimum absolute atomic E-state index is 0.103. The van der Waals surface area contributed by atoms with Crippen molar-refractivity contribution in [3.05, 3.63) is 93.6 Å². The van der Waals surface area contributed by atoms with Crippen LogP contribution in [-0.2, 0) is 9.59 Å². The molecule has 1 aromatic heterocycles. The van der Waals surface area contributed by atoms with Crippen LogP contribution in [0.5, 0.6) is 11.5 Å². The fourth-order valence-electron chi connectivity index (χ4n) is 4.69. The number of amides is 1. The Labute approximate surface area is 222 Å². The Kier molecular flexibility index (Phi) is 6.58. The number of fused-ring (bicyclic) bond motifs is 1. The summed E-state index contributed by atoms with van der Waals surface area (Å²) in [5.74, 6) is -1.42. The third-order valence-corrected chi connectivity index (χ3v) is 6.73. The summed E-state index contributed by atoms with van der Waals surface area (Å²) in [5, 5.41) is 12.7. The Morgan fingerprint density at radius 1 is 1.08 bits per heavy atom. The maximum absolute atomic E-state index is 13.6. The molecule has 7 nitrogen and oxygen atoms in total. The van der Waals surface area contributed by atoms with Crippen LogP contribution >= 0.6 is 23.2 Å². The van der Waals surface area contributed by atoms with Crippen molar-refractivity contribution in [3.63, 3.8) is 0 Å². The molecule has 1 aliphatic heterocycles. The maximum atomic E-state index is 13.6. The van der Waals surface area contributed by atoms with Gasteiger partial charge in [-0.25, -0.2) is 0 Å². The molecule has 2 N–H and O–H groups in total. The fourth-order valence-corrected chi connectivity index (χ4v) is 5.26. The summed E-state index contributed by atoms with van der Waals surface area (Å²) in [4.78, 5) is 31.7. The summed E-state index contributed by atoms with van der Waals surface area (Å²) in [7, 11) is 1.39. The van der Waals surface area contributed by atoms with Crippen LogP contribution in [0.3, 0.4) is 0 Å². The number of aromatic nitrogens is 1. The zero-order valence-electron chi connectivity index (χ0n) is 19.9. The first-order valence-corrected chi connectivity index (χ1v) is 12.2. The Hall–Kier alpha value is -3.94. The van der Waals surface area contributed by atoms with Crippen LogP contribution in [0.25, 0.3) is 16.7 Å². The largest absolute Gasteiger partial charge is 0.507 e. The van der Waals surface area contributed by atoms with Gasteiger partial charge in [-0.1, -0.05) is 47.5 Å². The predicted octanol–water partition coefficient (Wildman–Crippen LogP) is 6.51. The molecule has 5 rings (SSSR count). The van der Waals surface area contributed by atoms with Crippen LogP contribution in [0.15, 0.2) is 72.4 Å². The highest BCUT2D eigenvalue weighted by atomic mass is 35.5. The standard InChI is InChI=1S/C28H22Cl2N2O5/c1-3-37-17-8-6-7-16(13-17)32-24(20-14-31-22-10-5-4-9-18(20)22)23(26(34)28(32)35)25(33)19-11-15(29)12-21(30)27(19)36-2/h4-14,24,31,33H,3H2,1-2H3/b25-23+. The van der Waals surface area contributed by atoms with Gasteiger partial charge in [0.1, 0.15) is 17.3 Å². The van der Waals surface area contributed by atoms with Crippen molar-refractivity contribution >= 4 is 57.2 Å².